The standard InChI is InChI=1S/C12H8N2O4.C12H8N2.2H2O.Zn/c15-11(16)7-1-3-13-9(5-7)10-6-8(12(17)18)2-4-14-10;1-3-9-5-6-10-4-2-8-14-12(10)11(9)13-7-1;;;/h1-6H,(H,15,16)(H,17,18);1-8H;2*1H2;/q;;;;+2/p-2. The number of carboxylic acids is 2. The summed E-state index contributed by atoms with van der Waals surface area (Å²) < 4.78 is 0. The van der Waals surface area contributed by atoms with Gasteiger partial charge < -0.3 is 30.8 Å². The van der Waals surface area contributed by atoms with Crippen LogP contribution in [-0.4, -0.2) is 42.8 Å². The van der Waals surface area contributed by atoms with Crippen molar-refractivity contribution in [1.82, 2.24) is 19.9 Å². The minimum absolute atomic E-state index is 0. The number of rotatable bonds is 3. The van der Waals surface area contributed by atoms with E-state index in [1.807, 2.05) is 12.1 Å². The number of carboxylic acid groups (broad SMARTS) is 2. The number of aromatic nitrogens is 4. The zero-order valence-corrected chi connectivity index (χ0v) is 21.2. The number of pyridine rings is 4. The fourth-order valence-electron chi connectivity index (χ4n) is 3.07. The van der Waals surface area contributed by atoms with E-state index in [1.165, 1.54) is 36.7 Å². The van der Waals surface area contributed by atoms with E-state index < -0.39 is 11.9 Å². The molecule has 4 aromatic heterocycles. The van der Waals surface area contributed by atoms with Crippen molar-refractivity contribution >= 4 is 33.7 Å². The van der Waals surface area contributed by atoms with Crippen LogP contribution in [-0.2, 0) is 19.5 Å². The summed E-state index contributed by atoms with van der Waals surface area (Å²) in [7, 11) is 0. The van der Waals surface area contributed by atoms with Gasteiger partial charge in [-0.3, -0.25) is 19.9 Å². The van der Waals surface area contributed by atoms with Gasteiger partial charge in [0.05, 0.1) is 34.4 Å². The third-order valence-corrected chi connectivity index (χ3v) is 4.60. The minimum Gasteiger partial charge on any atom is -0.545 e. The third-order valence-electron chi connectivity index (χ3n) is 4.60. The maximum atomic E-state index is 10.7. The summed E-state index contributed by atoms with van der Waals surface area (Å²) in [6, 6.07) is 17.2. The minimum atomic E-state index is -1.34. The van der Waals surface area contributed by atoms with E-state index in [9.17, 15) is 19.8 Å². The molecule has 35 heavy (non-hydrogen) atoms. The number of benzene rings is 1. The van der Waals surface area contributed by atoms with Gasteiger partial charge in [-0.1, -0.05) is 24.3 Å². The van der Waals surface area contributed by atoms with Crippen molar-refractivity contribution < 1.29 is 50.2 Å². The Labute approximate surface area is 211 Å². The molecule has 10 nitrogen and oxygen atoms in total. The first-order chi connectivity index (χ1) is 15.5. The fraction of sp³-hybridized carbons (Fsp3) is 0. The van der Waals surface area contributed by atoms with Gasteiger partial charge >= 0.3 is 19.5 Å². The van der Waals surface area contributed by atoms with E-state index >= 15 is 0 Å². The van der Waals surface area contributed by atoms with Crippen LogP contribution >= 0.6 is 0 Å². The molecule has 0 unspecified atom stereocenters. The summed E-state index contributed by atoms with van der Waals surface area (Å²) in [4.78, 5) is 37.9. The number of hydrogen-bond acceptors (Lipinski definition) is 8. The molecule has 0 saturated heterocycles. The molecular formula is C24H18N4O6Zn. The number of nitrogens with zero attached hydrogens (tertiary/aromatic N) is 4. The topological polar surface area (TPSA) is 195 Å². The van der Waals surface area contributed by atoms with Gasteiger partial charge in [-0.05, 0) is 36.4 Å². The van der Waals surface area contributed by atoms with Gasteiger partial charge in [-0.15, -0.1) is 0 Å². The van der Waals surface area contributed by atoms with E-state index in [1.54, 1.807) is 12.4 Å². The zero-order valence-electron chi connectivity index (χ0n) is 18.2. The first-order valence-corrected chi connectivity index (χ1v) is 9.46. The van der Waals surface area contributed by atoms with Crippen molar-refractivity contribution in [3.05, 3.63) is 96.6 Å². The van der Waals surface area contributed by atoms with Crippen LogP contribution in [0.2, 0.25) is 0 Å². The predicted octanol–water partition coefficient (Wildman–Crippen LogP) is 0.00170. The average molecular weight is 524 g/mol. The van der Waals surface area contributed by atoms with E-state index in [4.69, 9.17) is 0 Å². The largest absolute Gasteiger partial charge is 2.00 e. The second-order valence-electron chi connectivity index (χ2n) is 6.65. The maximum Gasteiger partial charge on any atom is 2.00 e. The first-order valence-electron chi connectivity index (χ1n) is 9.46. The Morgan fingerprint density at radius 2 is 0.971 bits per heavy atom. The van der Waals surface area contributed by atoms with Gasteiger partial charge in [0.15, 0.2) is 0 Å². The fourth-order valence-corrected chi connectivity index (χ4v) is 3.07. The molecule has 0 radical (unpaired) electrons. The summed E-state index contributed by atoms with van der Waals surface area (Å²) >= 11 is 0. The first kappa shape index (κ1) is 28.9. The maximum absolute atomic E-state index is 10.7. The summed E-state index contributed by atoms with van der Waals surface area (Å²) in [5.74, 6) is -2.68. The van der Waals surface area contributed by atoms with E-state index in [0.29, 0.717) is 0 Å². The molecule has 0 saturated carbocycles. The number of fused-ring (bicyclic) bond motifs is 3. The molecule has 0 aliphatic heterocycles. The van der Waals surface area contributed by atoms with Crippen molar-refractivity contribution in [1.29, 1.82) is 0 Å². The quantitative estimate of drug-likeness (QED) is 0.232. The van der Waals surface area contributed by atoms with Crippen molar-refractivity contribution in [3.63, 3.8) is 0 Å². The molecule has 0 spiro atoms. The number of carbonyl (C=O) groups is 2. The number of carbonyl (C=O) groups excluding carboxylic acids is 2. The molecule has 0 aliphatic carbocycles. The van der Waals surface area contributed by atoms with Gasteiger partial charge in [0, 0.05) is 46.7 Å². The van der Waals surface area contributed by atoms with Crippen LogP contribution in [0.3, 0.4) is 0 Å². The Morgan fingerprint density at radius 3 is 1.34 bits per heavy atom. The van der Waals surface area contributed by atoms with Crippen LogP contribution in [0.15, 0.2) is 85.5 Å². The number of hydrogen-bond donors (Lipinski definition) is 0. The van der Waals surface area contributed by atoms with E-state index in [-0.39, 0.29) is 52.9 Å². The smallest absolute Gasteiger partial charge is 0.545 e. The van der Waals surface area contributed by atoms with Crippen LogP contribution in [0, 0.1) is 0 Å². The van der Waals surface area contributed by atoms with Crippen LogP contribution < -0.4 is 10.2 Å². The van der Waals surface area contributed by atoms with Crippen molar-refractivity contribution in [2.75, 3.05) is 0 Å². The summed E-state index contributed by atoms with van der Waals surface area (Å²) in [6.07, 6.45) is 6.18. The molecule has 0 atom stereocenters. The Kier molecular flexibility index (Phi) is 10.6. The summed E-state index contributed by atoms with van der Waals surface area (Å²) in [6.45, 7) is 0. The molecular weight excluding hydrogens is 506 g/mol. The van der Waals surface area contributed by atoms with Crippen LogP contribution in [0.5, 0.6) is 0 Å². The molecule has 0 bridgehead atoms. The monoisotopic (exact) mass is 522 g/mol. The molecule has 11 heteroatoms. The molecule has 0 aliphatic rings. The van der Waals surface area contributed by atoms with Gasteiger partial charge in [-0.2, -0.15) is 0 Å². The Balaban J connectivity index is 0.000000329. The van der Waals surface area contributed by atoms with Crippen molar-refractivity contribution in [3.8, 4) is 11.4 Å². The average Bonchev–Trinajstić information content (AvgIpc) is 2.84. The van der Waals surface area contributed by atoms with Gasteiger partial charge in [0.2, 0.25) is 0 Å². The SMILES string of the molecule is O.O.O=C([O-])c1ccnc(-c2cc(C(=O)[O-])ccn2)c1.[Zn+2].c1cnc2c(c1)ccc1cccnc12. The molecule has 0 amide bonds. The Hall–Kier alpha value is -4.18. The van der Waals surface area contributed by atoms with Crippen LogP contribution in [0.1, 0.15) is 20.7 Å². The zero-order chi connectivity index (χ0) is 22.5. The van der Waals surface area contributed by atoms with Crippen molar-refractivity contribution in [2.24, 2.45) is 0 Å². The normalized spacial score (nSPS) is 9.49. The van der Waals surface area contributed by atoms with Gasteiger partial charge in [0.25, 0.3) is 0 Å². The second kappa shape index (κ2) is 12.9. The molecule has 5 rings (SSSR count). The summed E-state index contributed by atoms with van der Waals surface area (Å²) in [5.41, 5.74) is 2.34. The molecule has 0 fully saturated rings. The van der Waals surface area contributed by atoms with Crippen LogP contribution in [0.25, 0.3) is 33.2 Å². The molecule has 1 aromatic carbocycles. The molecule has 4 N–H and O–H groups in total. The van der Waals surface area contributed by atoms with Gasteiger partial charge in [0.1, 0.15) is 0 Å². The molecule has 4 heterocycles. The van der Waals surface area contributed by atoms with Gasteiger partial charge in [-0.25, -0.2) is 0 Å². The predicted molar refractivity (Wildman–Crippen MR) is 120 cm³/mol. The Morgan fingerprint density at radius 1 is 0.571 bits per heavy atom. The summed E-state index contributed by atoms with van der Waals surface area (Å²) in [5, 5.41) is 23.7. The Bertz CT molecular complexity index is 1350. The third kappa shape index (κ3) is 6.67. The second-order valence-corrected chi connectivity index (χ2v) is 6.65. The molecule has 5 aromatic rings. The number of aromatic carboxylic acids is 2. The van der Waals surface area contributed by atoms with Crippen molar-refractivity contribution in [2.45, 2.75) is 0 Å². The van der Waals surface area contributed by atoms with E-state index in [0.717, 1.165) is 21.8 Å². The van der Waals surface area contributed by atoms with E-state index in [2.05, 4.69) is 44.2 Å². The molecule has 172 valence electrons. The van der Waals surface area contributed by atoms with Crippen LogP contribution in [0.4, 0.5) is 0 Å².